The third kappa shape index (κ3) is 4.05. The van der Waals surface area contributed by atoms with Crippen LogP contribution < -0.4 is 5.32 Å². The van der Waals surface area contributed by atoms with Gasteiger partial charge in [0.15, 0.2) is 0 Å². The predicted molar refractivity (Wildman–Crippen MR) is 98.8 cm³/mol. The Balaban J connectivity index is 1.67. The van der Waals surface area contributed by atoms with Gasteiger partial charge in [0.25, 0.3) is 0 Å². The molecule has 2 aliphatic rings. The van der Waals surface area contributed by atoms with Crippen LogP contribution in [0.1, 0.15) is 24.8 Å². The average molecular weight is 370 g/mol. The van der Waals surface area contributed by atoms with E-state index in [-0.39, 0.29) is 11.9 Å². The Morgan fingerprint density at radius 2 is 2.04 bits per heavy atom. The fourth-order valence-corrected chi connectivity index (χ4v) is 4.18. The van der Waals surface area contributed by atoms with Crippen molar-refractivity contribution in [2.75, 3.05) is 33.2 Å². The van der Waals surface area contributed by atoms with Crippen LogP contribution in [-0.4, -0.2) is 61.0 Å². The third-order valence-corrected chi connectivity index (χ3v) is 5.99. The summed E-state index contributed by atoms with van der Waals surface area (Å²) in [6.45, 7) is 4.24. The van der Waals surface area contributed by atoms with E-state index in [9.17, 15) is 4.79 Å². The fourth-order valence-electron chi connectivity index (χ4n) is 3.86. The van der Waals surface area contributed by atoms with E-state index in [0.29, 0.717) is 22.5 Å². The lowest BCUT2D eigenvalue weighted by Gasteiger charge is -2.42. The highest BCUT2D eigenvalue weighted by Gasteiger charge is 2.35. The quantitative estimate of drug-likeness (QED) is 0.886. The molecule has 132 valence electrons. The van der Waals surface area contributed by atoms with Crippen molar-refractivity contribution in [2.24, 2.45) is 0 Å². The van der Waals surface area contributed by atoms with E-state index < -0.39 is 0 Å². The van der Waals surface area contributed by atoms with Crippen molar-refractivity contribution < 1.29 is 4.79 Å². The molecule has 1 N–H and O–H groups in total. The molecule has 0 aliphatic carbocycles. The molecule has 1 aromatic rings. The van der Waals surface area contributed by atoms with Gasteiger partial charge in [-0.2, -0.15) is 0 Å². The second-order valence-electron chi connectivity index (χ2n) is 6.80. The summed E-state index contributed by atoms with van der Waals surface area (Å²) in [5.41, 5.74) is 0.910. The molecule has 0 saturated carbocycles. The summed E-state index contributed by atoms with van der Waals surface area (Å²) in [5, 5.41) is 4.51. The van der Waals surface area contributed by atoms with Gasteiger partial charge in [-0.3, -0.25) is 9.69 Å². The smallest absolute Gasteiger partial charge is 0.227 e. The fraction of sp³-hybridized carbons (Fsp3) is 0.611. The van der Waals surface area contributed by atoms with Gasteiger partial charge in [-0.05, 0) is 56.6 Å². The molecule has 2 heterocycles. The standard InChI is InChI=1S/C18H25Cl2N3O/c1-22(18(24)11-13-4-5-14(19)15(20)10-13)16-6-7-21-12-17(16)23-8-2-3-9-23/h4-5,10,16-17,21H,2-3,6-9,11-12H2,1H3. The molecule has 2 saturated heterocycles. The van der Waals surface area contributed by atoms with Crippen molar-refractivity contribution in [3.8, 4) is 0 Å². The number of nitrogens with zero attached hydrogens (tertiary/aromatic N) is 2. The van der Waals surface area contributed by atoms with E-state index in [2.05, 4.69) is 10.2 Å². The number of benzene rings is 1. The average Bonchev–Trinajstić information content (AvgIpc) is 3.12. The van der Waals surface area contributed by atoms with Crippen molar-refractivity contribution in [3.63, 3.8) is 0 Å². The maximum atomic E-state index is 12.8. The van der Waals surface area contributed by atoms with Gasteiger partial charge < -0.3 is 10.2 Å². The first-order valence-electron chi connectivity index (χ1n) is 8.70. The Labute approximate surface area is 154 Å². The molecule has 2 aliphatic heterocycles. The number of hydrogen-bond acceptors (Lipinski definition) is 3. The Bertz CT molecular complexity index is 590. The van der Waals surface area contributed by atoms with Crippen LogP contribution in [-0.2, 0) is 11.2 Å². The van der Waals surface area contributed by atoms with Crippen LogP contribution in [0.25, 0.3) is 0 Å². The summed E-state index contributed by atoms with van der Waals surface area (Å²) >= 11 is 12.0. The highest BCUT2D eigenvalue weighted by atomic mass is 35.5. The number of rotatable bonds is 4. The van der Waals surface area contributed by atoms with Crippen LogP contribution in [0, 0.1) is 0 Å². The van der Waals surface area contributed by atoms with Gasteiger partial charge in [0.05, 0.1) is 16.5 Å². The normalized spacial score (nSPS) is 25.0. The van der Waals surface area contributed by atoms with Crippen LogP contribution in [0.4, 0.5) is 0 Å². The van der Waals surface area contributed by atoms with E-state index in [1.807, 2.05) is 18.0 Å². The molecule has 0 aromatic heterocycles. The topological polar surface area (TPSA) is 35.6 Å². The molecule has 2 fully saturated rings. The van der Waals surface area contributed by atoms with Crippen LogP contribution in [0.15, 0.2) is 18.2 Å². The summed E-state index contributed by atoms with van der Waals surface area (Å²) < 4.78 is 0. The van der Waals surface area contributed by atoms with E-state index in [0.717, 1.165) is 38.2 Å². The van der Waals surface area contributed by atoms with Crippen LogP contribution in [0.2, 0.25) is 10.0 Å². The summed E-state index contributed by atoms with van der Waals surface area (Å²) in [4.78, 5) is 17.3. The van der Waals surface area contributed by atoms with Gasteiger partial charge in [0.1, 0.15) is 0 Å². The van der Waals surface area contributed by atoms with Gasteiger partial charge in [-0.15, -0.1) is 0 Å². The van der Waals surface area contributed by atoms with Gasteiger partial charge in [0.2, 0.25) is 5.91 Å². The molecule has 6 heteroatoms. The van der Waals surface area contributed by atoms with Crippen molar-refractivity contribution in [1.82, 2.24) is 15.1 Å². The lowest BCUT2D eigenvalue weighted by molar-refractivity contribution is -0.133. The highest BCUT2D eigenvalue weighted by Crippen LogP contribution is 2.24. The van der Waals surface area contributed by atoms with Gasteiger partial charge >= 0.3 is 0 Å². The Morgan fingerprint density at radius 1 is 1.29 bits per heavy atom. The molecule has 3 rings (SSSR count). The number of amides is 1. The number of likely N-dealkylation sites (N-methyl/N-ethyl adjacent to an activating group) is 1. The molecule has 2 atom stereocenters. The van der Waals surface area contributed by atoms with Crippen LogP contribution in [0.5, 0.6) is 0 Å². The molecule has 0 spiro atoms. The predicted octanol–water partition coefficient (Wildman–Crippen LogP) is 2.82. The summed E-state index contributed by atoms with van der Waals surface area (Å²) in [6.07, 6.45) is 3.91. The molecule has 0 radical (unpaired) electrons. The summed E-state index contributed by atoms with van der Waals surface area (Å²) in [5.74, 6) is 0.143. The van der Waals surface area contributed by atoms with E-state index >= 15 is 0 Å². The highest BCUT2D eigenvalue weighted by molar-refractivity contribution is 6.42. The zero-order valence-electron chi connectivity index (χ0n) is 14.1. The maximum absolute atomic E-state index is 12.8. The molecule has 24 heavy (non-hydrogen) atoms. The molecule has 2 unspecified atom stereocenters. The maximum Gasteiger partial charge on any atom is 0.227 e. The van der Waals surface area contributed by atoms with Crippen LogP contribution in [0.3, 0.4) is 0 Å². The number of halogens is 2. The van der Waals surface area contributed by atoms with Crippen molar-refractivity contribution >= 4 is 29.1 Å². The second kappa shape index (κ2) is 8.05. The molecule has 4 nitrogen and oxygen atoms in total. The van der Waals surface area contributed by atoms with Gasteiger partial charge in [0, 0.05) is 25.7 Å². The molecule has 1 amide bonds. The molecule has 1 aromatic carbocycles. The summed E-state index contributed by atoms with van der Waals surface area (Å²) in [6, 6.07) is 6.11. The van der Waals surface area contributed by atoms with Crippen LogP contribution >= 0.6 is 23.2 Å². The number of piperidine rings is 1. The van der Waals surface area contributed by atoms with Gasteiger partial charge in [-0.1, -0.05) is 29.3 Å². The van der Waals surface area contributed by atoms with E-state index in [1.165, 1.54) is 12.8 Å². The zero-order chi connectivity index (χ0) is 17.1. The minimum absolute atomic E-state index is 0.143. The Morgan fingerprint density at radius 3 is 2.75 bits per heavy atom. The first-order valence-corrected chi connectivity index (χ1v) is 9.46. The Kier molecular flexibility index (Phi) is 6.03. The monoisotopic (exact) mass is 369 g/mol. The number of carbonyl (C=O) groups excluding carboxylic acids is 1. The third-order valence-electron chi connectivity index (χ3n) is 5.25. The minimum atomic E-state index is 0.143. The first kappa shape index (κ1) is 18.0. The molecular formula is C18H25Cl2N3O. The van der Waals surface area contributed by atoms with Gasteiger partial charge in [-0.25, -0.2) is 0 Å². The SMILES string of the molecule is CN(C(=O)Cc1ccc(Cl)c(Cl)c1)C1CCNCC1N1CCCC1. The minimum Gasteiger partial charge on any atom is -0.341 e. The zero-order valence-corrected chi connectivity index (χ0v) is 15.6. The second-order valence-corrected chi connectivity index (χ2v) is 7.61. The van der Waals surface area contributed by atoms with Crippen molar-refractivity contribution in [2.45, 2.75) is 37.8 Å². The number of hydrogen-bond donors (Lipinski definition) is 1. The Hall–Kier alpha value is -0.810. The molecular weight excluding hydrogens is 345 g/mol. The van der Waals surface area contributed by atoms with E-state index in [1.54, 1.807) is 12.1 Å². The van der Waals surface area contributed by atoms with Crippen molar-refractivity contribution in [1.29, 1.82) is 0 Å². The number of nitrogens with one attached hydrogen (secondary N) is 1. The summed E-state index contributed by atoms with van der Waals surface area (Å²) in [7, 11) is 1.94. The molecule has 0 bridgehead atoms. The number of likely N-dealkylation sites (tertiary alicyclic amines) is 1. The first-order chi connectivity index (χ1) is 11.6. The van der Waals surface area contributed by atoms with Crippen molar-refractivity contribution in [3.05, 3.63) is 33.8 Å². The largest absolute Gasteiger partial charge is 0.341 e. The lowest BCUT2D eigenvalue weighted by atomic mass is 9.97. The lowest BCUT2D eigenvalue weighted by Crippen LogP contribution is -2.59. The number of carbonyl (C=O) groups is 1. The van der Waals surface area contributed by atoms with E-state index in [4.69, 9.17) is 23.2 Å².